The topological polar surface area (TPSA) is 52.6 Å². The van der Waals surface area contributed by atoms with E-state index in [9.17, 15) is 9.59 Å². The van der Waals surface area contributed by atoms with Crippen LogP contribution in [0.1, 0.15) is 27.2 Å². The lowest BCUT2D eigenvalue weighted by Gasteiger charge is -2.30. The van der Waals surface area contributed by atoms with Crippen LogP contribution in [0, 0.1) is 5.92 Å². The summed E-state index contributed by atoms with van der Waals surface area (Å²) in [6, 6.07) is 0. The number of carbonyl (C=O) groups excluding carboxylic acids is 2. The van der Waals surface area contributed by atoms with Crippen LogP contribution in [0.5, 0.6) is 0 Å². The number of hydrogen-bond donors (Lipinski definition) is 0. The first-order valence-electron chi connectivity index (χ1n) is 4.38. The Balaban J connectivity index is 2.60. The van der Waals surface area contributed by atoms with Gasteiger partial charge in [-0.2, -0.15) is 0 Å². The van der Waals surface area contributed by atoms with Gasteiger partial charge in [-0.15, -0.1) is 0 Å². The average Bonchev–Trinajstić information content (AvgIpc) is 1.98. The maximum Gasteiger partial charge on any atom is 0.312 e. The van der Waals surface area contributed by atoms with Crippen molar-refractivity contribution in [2.24, 2.45) is 5.92 Å². The Labute approximate surface area is 77.2 Å². The number of carbonyl (C=O) groups is 2. The molecule has 4 heteroatoms. The van der Waals surface area contributed by atoms with Crippen molar-refractivity contribution in [2.45, 2.75) is 39.4 Å². The molecule has 1 saturated heterocycles. The second-order valence-electron chi connectivity index (χ2n) is 3.42. The van der Waals surface area contributed by atoms with Crippen LogP contribution in [0.15, 0.2) is 0 Å². The van der Waals surface area contributed by atoms with Gasteiger partial charge in [-0.3, -0.25) is 9.59 Å². The van der Waals surface area contributed by atoms with Crippen LogP contribution in [0.25, 0.3) is 0 Å². The van der Waals surface area contributed by atoms with E-state index >= 15 is 0 Å². The van der Waals surface area contributed by atoms with Gasteiger partial charge in [0.15, 0.2) is 0 Å². The summed E-state index contributed by atoms with van der Waals surface area (Å²) < 4.78 is 9.98. The Hall–Kier alpha value is -1.06. The highest BCUT2D eigenvalue weighted by Crippen LogP contribution is 2.23. The molecule has 0 N–H and O–H groups in total. The van der Waals surface area contributed by atoms with Crippen molar-refractivity contribution in [3.63, 3.8) is 0 Å². The van der Waals surface area contributed by atoms with Gasteiger partial charge in [0.25, 0.3) is 0 Å². The number of ether oxygens (including phenoxy) is 2. The molecule has 0 bridgehead atoms. The highest BCUT2D eigenvalue weighted by atomic mass is 16.6. The van der Waals surface area contributed by atoms with Gasteiger partial charge < -0.3 is 9.47 Å². The zero-order valence-electron chi connectivity index (χ0n) is 8.07. The van der Waals surface area contributed by atoms with Crippen molar-refractivity contribution >= 4 is 11.9 Å². The molecule has 1 aliphatic heterocycles. The molecule has 0 aromatic heterocycles. The summed E-state index contributed by atoms with van der Waals surface area (Å²) in [6.45, 7) is 4.85. The minimum atomic E-state index is -0.348. The monoisotopic (exact) mass is 186 g/mol. The smallest absolute Gasteiger partial charge is 0.312 e. The predicted molar refractivity (Wildman–Crippen MR) is 44.9 cm³/mol. The van der Waals surface area contributed by atoms with Gasteiger partial charge in [-0.25, -0.2) is 0 Å². The first-order valence-corrected chi connectivity index (χ1v) is 4.38. The normalized spacial score (nSPS) is 33.8. The molecule has 0 aromatic rings. The predicted octanol–water partition coefficient (Wildman–Crippen LogP) is 0.890. The minimum Gasteiger partial charge on any atom is -0.462 e. The zero-order valence-corrected chi connectivity index (χ0v) is 8.07. The molecule has 0 saturated carbocycles. The lowest BCUT2D eigenvalue weighted by atomic mass is 9.96. The second kappa shape index (κ2) is 3.77. The van der Waals surface area contributed by atoms with E-state index in [4.69, 9.17) is 9.47 Å². The third-order valence-electron chi connectivity index (χ3n) is 2.13. The lowest BCUT2D eigenvalue weighted by Crippen LogP contribution is -2.40. The van der Waals surface area contributed by atoms with Gasteiger partial charge in [-0.05, 0) is 13.8 Å². The van der Waals surface area contributed by atoms with Crippen molar-refractivity contribution in [3.05, 3.63) is 0 Å². The van der Waals surface area contributed by atoms with Gasteiger partial charge >= 0.3 is 11.9 Å². The average molecular weight is 186 g/mol. The number of cyclic esters (lactones) is 1. The highest BCUT2D eigenvalue weighted by molar-refractivity contribution is 5.74. The first kappa shape index (κ1) is 10.0. The molecule has 0 aliphatic carbocycles. The molecule has 74 valence electrons. The molecule has 13 heavy (non-hydrogen) atoms. The van der Waals surface area contributed by atoms with Crippen molar-refractivity contribution < 1.29 is 19.1 Å². The number of rotatable bonds is 1. The van der Waals surface area contributed by atoms with Crippen LogP contribution in [0.2, 0.25) is 0 Å². The molecule has 1 heterocycles. The summed E-state index contributed by atoms with van der Waals surface area (Å²) in [6.07, 6.45) is 0.105. The summed E-state index contributed by atoms with van der Waals surface area (Å²) in [5, 5.41) is 0. The standard InChI is InChI=1S/C9H14O4/c1-5-4-8(13-7(3)10)6(2)9(11)12-5/h5-6,8H,4H2,1-3H3/t5-,6+,8+/m0/s1. The van der Waals surface area contributed by atoms with Crippen LogP contribution in [0.3, 0.4) is 0 Å². The lowest BCUT2D eigenvalue weighted by molar-refractivity contribution is -0.175. The molecule has 4 nitrogen and oxygen atoms in total. The zero-order chi connectivity index (χ0) is 10.0. The van der Waals surface area contributed by atoms with Gasteiger partial charge in [0.05, 0.1) is 5.92 Å². The van der Waals surface area contributed by atoms with E-state index in [1.165, 1.54) is 6.92 Å². The molecule has 0 unspecified atom stereocenters. The third kappa shape index (κ3) is 2.44. The Kier molecular flexibility index (Phi) is 2.90. The Morgan fingerprint density at radius 3 is 2.69 bits per heavy atom. The highest BCUT2D eigenvalue weighted by Gasteiger charge is 2.35. The molecule has 1 aliphatic rings. The molecule has 0 aromatic carbocycles. The Morgan fingerprint density at radius 1 is 1.54 bits per heavy atom. The van der Waals surface area contributed by atoms with E-state index in [1.54, 1.807) is 13.8 Å². The van der Waals surface area contributed by atoms with Crippen molar-refractivity contribution in [1.82, 2.24) is 0 Å². The van der Waals surface area contributed by atoms with E-state index in [2.05, 4.69) is 0 Å². The van der Waals surface area contributed by atoms with Crippen molar-refractivity contribution in [1.29, 1.82) is 0 Å². The van der Waals surface area contributed by atoms with E-state index in [0.29, 0.717) is 6.42 Å². The van der Waals surface area contributed by atoms with Gasteiger partial charge in [0.1, 0.15) is 12.2 Å². The number of esters is 2. The first-order chi connectivity index (χ1) is 6.00. The molecule has 1 fully saturated rings. The van der Waals surface area contributed by atoms with E-state index < -0.39 is 0 Å². The van der Waals surface area contributed by atoms with Gasteiger partial charge in [0.2, 0.25) is 0 Å². The van der Waals surface area contributed by atoms with E-state index in [1.807, 2.05) is 0 Å². The van der Waals surface area contributed by atoms with Crippen LogP contribution in [-0.2, 0) is 19.1 Å². The summed E-state index contributed by atoms with van der Waals surface area (Å²) in [5.74, 6) is -0.983. The molecular formula is C9H14O4. The van der Waals surface area contributed by atoms with Crippen LogP contribution in [0.4, 0.5) is 0 Å². The van der Waals surface area contributed by atoms with Crippen molar-refractivity contribution in [2.75, 3.05) is 0 Å². The summed E-state index contributed by atoms with van der Waals surface area (Å²) in [7, 11) is 0. The fraction of sp³-hybridized carbons (Fsp3) is 0.778. The van der Waals surface area contributed by atoms with Gasteiger partial charge in [0, 0.05) is 13.3 Å². The maximum atomic E-state index is 11.2. The van der Waals surface area contributed by atoms with Crippen molar-refractivity contribution in [3.8, 4) is 0 Å². The van der Waals surface area contributed by atoms with Crippen LogP contribution < -0.4 is 0 Å². The maximum absolute atomic E-state index is 11.2. The van der Waals surface area contributed by atoms with E-state index in [0.717, 1.165) is 0 Å². The van der Waals surface area contributed by atoms with E-state index in [-0.39, 0.29) is 30.1 Å². The third-order valence-corrected chi connectivity index (χ3v) is 2.13. The van der Waals surface area contributed by atoms with Crippen LogP contribution in [-0.4, -0.2) is 24.1 Å². The quantitative estimate of drug-likeness (QED) is 0.571. The molecule has 0 spiro atoms. The number of hydrogen-bond acceptors (Lipinski definition) is 4. The van der Waals surface area contributed by atoms with Gasteiger partial charge in [-0.1, -0.05) is 0 Å². The molecule has 3 atom stereocenters. The van der Waals surface area contributed by atoms with Crippen LogP contribution >= 0.6 is 0 Å². The molecule has 0 radical (unpaired) electrons. The fourth-order valence-electron chi connectivity index (χ4n) is 1.40. The molecule has 1 rings (SSSR count). The summed E-state index contributed by atoms with van der Waals surface area (Å²) >= 11 is 0. The SMILES string of the molecule is CC(=O)O[C@@H]1C[C@H](C)OC(=O)[C@@H]1C. The molecule has 0 amide bonds. The summed E-state index contributed by atoms with van der Waals surface area (Å²) in [4.78, 5) is 21.9. The second-order valence-corrected chi connectivity index (χ2v) is 3.42. The fourth-order valence-corrected chi connectivity index (χ4v) is 1.40. The molecular weight excluding hydrogens is 172 g/mol. The summed E-state index contributed by atoms with van der Waals surface area (Å²) in [5.41, 5.74) is 0. The largest absolute Gasteiger partial charge is 0.462 e. The minimum absolute atomic E-state index is 0.159. The Bertz CT molecular complexity index is 224. The Morgan fingerprint density at radius 2 is 2.15 bits per heavy atom.